The minimum absolute atomic E-state index is 0.221. The molecule has 0 saturated heterocycles. The number of fused-ring (bicyclic) bond motifs is 1. The van der Waals surface area contributed by atoms with Crippen molar-refractivity contribution in [1.82, 2.24) is 9.97 Å². The number of rotatable bonds is 3. The largest absolute Gasteiger partial charge is 0.478 e. The zero-order valence-electron chi connectivity index (χ0n) is 11.9. The van der Waals surface area contributed by atoms with Gasteiger partial charge >= 0.3 is 5.97 Å². The van der Waals surface area contributed by atoms with Gasteiger partial charge in [-0.2, -0.15) is 0 Å². The highest BCUT2D eigenvalue weighted by Gasteiger charge is 2.27. The molecule has 4 nitrogen and oxygen atoms in total. The molecule has 3 rings (SSSR count). The Morgan fingerprint density at radius 1 is 1.10 bits per heavy atom. The van der Waals surface area contributed by atoms with E-state index < -0.39 is 5.97 Å². The average molecular weight is 280 g/mol. The van der Waals surface area contributed by atoms with Crippen molar-refractivity contribution in [3.63, 3.8) is 0 Å². The molecular formula is C17H16N2O2. The second kappa shape index (κ2) is 4.74. The lowest BCUT2D eigenvalue weighted by molar-refractivity contribution is 0.0699. The summed E-state index contributed by atoms with van der Waals surface area (Å²) in [6.45, 7) is 4.14. The first kappa shape index (κ1) is 13.4. The van der Waals surface area contributed by atoms with Crippen molar-refractivity contribution in [3.05, 3.63) is 65.5 Å². The molecule has 2 aromatic carbocycles. The zero-order chi connectivity index (χ0) is 15.0. The van der Waals surface area contributed by atoms with E-state index in [1.165, 1.54) is 0 Å². The number of benzene rings is 2. The van der Waals surface area contributed by atoms with Crippen molar-refractivity contribution in [2.24, 2.45) is 0 Å². The van der Waals surface area contributed by atoms with Gasteiger partial charge in [-0.15, -0.1) is 0 Å². The zero-order valence-corrected chi connectivity index (χ0v) is 11.9. The van der Waals surface area contributed by atoms with E-state index in [0.29, 0.717) is 5.52 Å². The summed E-state index contributed by atoms with van der Waals surface area (Å²) in [4.78, 5) is 19.1. The fraction of sp³-hybridized carbons (Fsp3) is 0.176. The molecule has 1 aromatic heterocycles. The first-order valence-electron chi connectivity index (χ1n) is 6.78. The van der Waals surface area contributed by atoms with Crippen LogP contribution < -0.4 is 0 Å². The Kier molecular flexibility index (Phi) is 3.01. The molecule has 0 unspecified atom stereocenters. The first-order valence-corrected chi connectivity index (χ1v) is 6.78. The number of carbonyl (C=O) groups is 1. The molecule has 106 valence electrons. The van der Waals surface area contributed by atoms with Crippen LogP contribution >= 0.6 is 0 Å². The summed E-state index contributed by atoms with van der Waals surface area (Å²) in [5.74, 6) is -0.200. The predicted molar refractivity (Wildman–Crippen MR) is 81.6 cm³/mol. The number of aromatic amines is 1. The minimum Gasteiger partial charge on any atom is -0.478 e. The minimum atomic E-state index is -0.962. The molecule has 0 spiro atoms. The van der Waals surface area contributed by atoms with Gasteiger partial charge in [0.15, 0.2) is 0 Å². The van der Waals surface area contributed by atoms with Gasteiger partial charge < -0.3 is 10.1 Å². The Bertz CT molecular complexity index is 804. The quantitative estimate of drug-likeness (QED) is 0.770. The maximum Gasteiger partial charge on any atom is 0.337 e. The van der Waals surface area contributed by atoms with E-state index in [1.807, 2.05) is 36.4 Å². The number of imidazole rings is 1. The van der Waals surface area contributed by atoms with Crippen LogP contribution in [0.5, 0.6) is 0 Å². The average Bonchev–Trinajstić information content (AvgIpc) is 2.92. The second-order valence-corrected chi connectivity index (χ2v) is 5.58. The standard InChI is InChI=1S/C17H16N2O2/c1-17(2,11-7-4-3-5-8-11)16-18-13-10-6-9-12(15(20)21)14(13)19-16/h3-10H,1-2H3,(H,18,19)(H,20,21). The molecule has 0 atom stereocenters. The van der Waals surface area contributed by atoms with E-state index in [2.05, 4.69) is 23.8 Å². The predicted octanol–water partition coefficient (Wildman–Crippen LogP) is 3.59. The van der Waals surface area contributed by atoms with Gasteiger partial charge in [-0.05, 0) is 31.5 Å². The monoisotopic (exact) mass is 280 g/mol. The molecule has 4 heteroatoms. The lowest BCUT2D eigenvalue weighted by Crippen LogP contribution is -2.20. The third-order valence-electron chi connectivity index (χ3n) is 3.83. The highest BCUT2D eigenvalue weighted by Crippen LogP contribution is 2.31. The van der Waals surface area contributed by atoms with Crippen LogP contribution in [-0.4, -0.2) is 21.0 Å². The third kappa shape index (κ3) is 2.18. The molecule has 0 aliphatic rings. The van der Waals surface area contributed by atoms with Gasteiger partial charge in [-0.1, -0.05) is 36.4 Å². The Morgan fingerprint density at radius 3 is 2.48 bits per heavy atom. The molecule has 1 heterocycles. The maximum absolute atomic E-state index is 11.3. The summed E-state index contributed by atoms with van der Waals surface area (Å²) in [6, 6.07) is 15.2. The van der Waals surface area contributed by atoms with Gasteiger partial charge in [0.1, 0.15) is 11.3 Å². The van der Waals surface area contributed by atoms with Crippen molar-refractivity contribution in [1.29, 1.82) is 0 Å². The summed E-state index contributed by atoms with van der Waals surface area (Å²) in [7, 11) is 0. The van der Waals surface area contributed by atoms with Crippen LogP contribution in [0.3, 0.4) is 0 Å². The smallest absolute Gasteiger partial charge is 0.337 e. The summed E-state index contributed by atoms with van der Waals surface area (Å²) in [5.41, 5.74) is 2.27. The Morgan fingerprint density at radius 2 is 1.81 bits per heavy atom. The van der Waals surface area contributed by atoms with Crippen molar-refractivity contribution in [2.45, 2.75) is 19.3 Å². The van der Waals surface area contributed by atoms with Crippen molar-refractivity contribution in [3.8, 4) is 0 Å². The number of aromatic carboxylic acids is 1. The number of nitrogens with zero attached hydrogens (tertiary/aromatic N) is 1. The van der Waals surface area contributed by atoms with Crippen molar-refractivity contribution < 1.29 is 9.90 Å². The highest BCUT2D eigenvalue weighted by molar-refractivity contribution is 6.00. The molecular weight excluding hydrogens is 264 g/mol. The van der Waals surface area contributed by atoms with E-state index in [9.17, 15) is 9.90 Å². The molecule has 0 aliphatic carbocycles. The molecule has 0 aliphatic heterocycles. The number of aromatic nitrogens is 2. The van der Waals surface area contributed by atoms with E-state index in [-0.39, 0.29) is 11.0 Å². The van der Waals surface area contributed by atoms with E-state index >= 15 is 0 Å². The Labute approximate surface area is 122 Å². The van der Waals surface area contributed by atoms with Crippen LogP contribution in [0.15, 0.2) is 48.5 Å². The van der Waals surface area contributed by atoms with Crippen LogP contribution in [-0.2, 0) is 5.41 Å². The van der Waals surface area contributed by atoms with E-state index in [1.54, 1.807) is 12.1 Å². The Balaban J connectivity index is 2.18. The fourth-order valence-corrected chi connectivity index (χ4v) is 2.49. The van der Waals surface area contributed by atoms with Crippen LogP contribution in [0.25, 0.3) is 11.0 Å². The summed E-state index contributed by atoms with van der Waals surface area (Å²) in [6.07, 6.45) is 0. The number of hydrogen-bond acceptors (Lipinski definition) is 2. The molecule has 21 heavy (non-hydrogen) atoms. The Hall–Kier alpha value is -2.62. The second-order valence-electron chi connectivity index (χ2n) is 5.58. The SMILES string of the molecule is CC(C)(c1ccccc1)c1nc2c(C(=O)O)cccc2[nH]1. The molecule has 0 amide bonds. The molecule has 0 radical (unpaired) electrons. The van der Waals surface area contributed by atoms with E-state index in [4.69, 9.17) is 0 Å². The molecule has 0 fully saturated rings. The molecule has 0 bridgehead atoms. The molecule has 0 saturated carbocycles. The number of H-pyrrole nitrogens is 1. The number of para-hydroxylation sites is 1. The van der Waals surface area contributed by atoms with Gasteiger partial charge in [0, 0.05) is 5.41 Å². The van der Waals surface area contributed by atoms with Gasteiger partial charge in [-0.3, -0.25) is 0 Å². The number of nitrogens with one attached hydrogen (secondary N) is 1. The number of carboxylic acid groups (broad SMARTS) is 1. The maximum atomic E-state index is 11.3. The summed E-state index contributed by atoms with van der Waals surface area (Å²) in [5, 5.41) is 9.26. The van der Waals surface area contributed by atoms with Crippen LogP contribution in [0.4, 0.5) is 0 Å². The number of carboxylic acids is 1. The molecule has 3 aromatic rings. The van der Waals surface area contributed by atoms with Gasteiger partial charge in [0.05, 0.1) is 11.1 Å². The highest BCUT2D eigenvalue weighted by atomic mass is 16.4. The third-order valence-corrected chi connectivity index (χ3v) is 3.83. The molecule has 2 N–H and O–H groups in total. The van der Waals surface area contributed by atoms with Gasteiger partial charge in [0.25, 0.3) is 0 Å². The lowest BCUT2D eigenvalue weighted by Gasteiger charge is -2.22. The van der Waals surface area contributed by atoms with Gasteiger partial charge in [0.2, 0.25) is 0 Å². The summed E-state index contributed by atoms with van der Waals surface area (Å²) >= 11 is 0. The van der Waals surface area contributed by atoms with Crippen molar-refractivity contribution in [2.75, 3.05) is 0 Å². The fourth-order valence-electron chi connectivity index (χ4n) is 2.49. The first-order chi connectivity index (χ1) is 10.00. The topological polar surface area (TPSA) is 66.0 Å². The van der Waals surface area contributed by atoms with Crippen molar-refractivity contribution >= 4 is 17.0 Å². The number of hydrogen-bond donors (Lipinski definition) is 2. The summed E-state index contributed by atoms with van der Waals surface area (Å²) < 4.78 is 0. The van der Waals surface area contributed by atoms with Crippen LogP contribution in [0.1, 0.15) is 35.6 Å². The van der Waals surface area contributed by atoms with Crippen LogP contribution in [0, 0.1) is 0 Å². The van der Waals surface area contributed by atoms with Gasteiger partial charge in [-0.25, -0.2) is 9.78 Å². The van der Waals surface area contributed by atoms with E-state index in [0.717, 1.165) is 16.9 Å². The normalized spacial score (nSPS) is 11.7. The lowest BCUT2D eigenvalue weighted by atomic mass is 9.84. The van der Waals surface area contributed by atoms with Crippen LogP contribution in [0.2, 0.25) is 0 Å².